The number of nitrogens with zero attached hydrogens (tertiary/aromatic N) is 1. The lowest BCUT2D eigenvalue weighted by molar-refractivity contribution is -0.153. The quantitative estimate of drug-likeness (QED) is 0.188. The van der Waals surface area contributed by atoms with Crippen LogP contribution in [-0.2, 0) is 19.2 Å². The second-order valence-electron chi connectivity index (χ2n) is 13.0. The molecule has 0 aromatic rings. The van der Waals surface area contributed by atoms with Crippen molar-refractivity contribution in [2.24, 2.45) is 33.7 Å². The predicted molar refractivity (Wildman–Crippen MR) is 160 cm³/mol. The fourth-order valence-corrected chi connectivity index (χ4v) is 8.80. The van der Waals surface area contributed by atoms with Crippen LogP contribution in [0.25, 0.3) is 0 Å². The smallest absolute Gasteiger partial charge is 0.326 e. The summed E-state index contributed by atoms with van der Waals surface area (Å²) in [5, 5.41) is 41.2. The summed E-state index contributed by atoms with van der Waals surface area (Å²) in [4.78, 5) is 41.5. The highest BCUT2D eigenvalue weighted by atomic mass is 32.2. The average molecular weight is 604 g/mol. The number of allylic oxidation sites excluding steroid dienone is 2. The molecule has 10 nitrogen and oxygen atoms in total. The van der Waals surface area contributed by atoms with Crippen molar-refractivity contribution in [3.05, 3.63) is 11.6 Å². The first kappa shape index (κ1) is 32.4. The van der Waals surface area contributed by atoms with Gasteiger partial charge in [-0.3, -0.25) is 9.59 Å². The number of carbonyl (C=O) groups is 3. The van der Waals surface area contributed by atoms with Gasteiger partial charge in [-0.05, 0) is 99.5 Å². The number of thioether (sulfide) groups is 1. The van der Waals surface area contributed by atoms with Gasteiger partial charge in [-0.15, -0.1) is 6.42 Å². The Balaban J connectivity index is 1.34. The normalized spacial score (nSPS) is 37.6. The van der Waals surface area contributed by atoms with Crippen LogP contribution in [0.4, 0.5) is 0 Å². The van der Waals surface area contributed by atoms with Crippen molar-refractivity contribution in [3.63, 3.8) is 0 Å². The van der Waals surface area contributed by atoms with Gasteiger partial charge in [-0.2, -0.15) is 11.8 Å². The second-order valence-corrected chi connectivity index (χ2v) is 14.0. The van der Waals surface area contributed by atoms with Gasteiger partial charge in [-0.25, -0.2) is 4.79 Å². The molecule has 4 aliphatic rings. The Labute approximate surface area is 252 Å². The third-order valence-electron chi connectivity index (χ3n) is 10.7. The van der Waals surface area contributed by atoms with E-state index in [0.29, 0.717) is 25.0 Å². The number of carboxylic acid groups (broad SMARTS) is 1. The fraction of sp³-hybridized carbons (Fsp3) is 0.742. The molecule has 4 rings (SSSR count). The topological polar surface area (TPSA) is 158 Å². The number of oxime groups is 1. The van der Waals surface area contributed by atoms with E-state index in [9.17, 15) is 29.7 Å². The van der Waals surface area contributed by atoms with Crippen LogP contribution in [0.5, 0.6) is 0 Å². The molecule has 0 aliphatic heterocycles. The van der Waals surface area contributed by atoms with Gasteiger partial charge >= 0.3 is 5.97 Å². The summed E-state index contributed by atoms with van der Waals surface area (Å²) in [6.45, 7) is 5.40. The maximum atomic E-state index is 12.4. The number of nitrogens with one attached hydrogen (secondary N) is 2. The Bertz CT molecular complexity index is 1180. The van der Waals surface area contributed by atoms with Crippen molar-refractivity contribution in [2.75, 3.05) is 18.6 Å². The lowest BCUT2D eigenvalue weighted by Crippen LogP contribution is -2.59. The molecular formula is C31H45N3O7S. The zero-order valence-electron chi connectivity index (χ0n) is 25.0. The summed E-state index contributed by atoms with van der Waals surface area (Å²) < 4.78 is 0. The first-order valence-corrected chi connectivity index (χ1v) is 16.3. The molecule has 3 saturated carbocycles. The van der Waals surface area contributed by atoms with E-state index >= 15 is 0 Å². The minimum absolute atomic E-state index is 0.0815. The van der Waals surface area contributed by atoms with Crippen molar-refractivity contribution < 1.29 is 34.5 Å². The fourth-order valence-electron chi connectivity index (χ4n) is 8.33. The molecule has 42 heavy (non-hydrogen) atoms. The molecule has 0 aromatic heterocycles. The number of amides is 2. The molecule has 5 N–H and O–H groups in total. The molecule has 3 fully saturated rings. The third-order valence-corrected chi connectivity index (χ3v) is 11.3. The second kappa shape index (κ2) is 12.6. The minimum Gasteiger partial charge on any atom is -0.480 e. The summed E-state index contributed by atoms with van der Waals surface area (Å²) in [7, 11) is 0. The van der Waals surface area contributed by atoms with Crippen molar-refractivity contribution in [1.82, 2.24) is 10.6 Å². The Morgan fingerprint density at radius 2 is 1.98 bits per heavy atom. The van der Waals surface area contributed by atoms with Crippen molar-refractivity contribution >= 4 is 35.3 Å². The number of aliphatic hydroxyl groups is 2. The van der Waals surface area contributed by atoms with Crippen LogP contribution in [0.15, 0.2) is 16.8 Å². The Kier molecular flexibility index (Phi) is 9.70. The number of carbonyl (C=O) groups excluding carboxylic acids is 2. The van der Waals surface area contributed by atoms with E-state index in [-0.39, 0.29) is 36.2 Å². The molecule has 2 amide bonds. The van der Waals surface area contributed by atoms with Crippen LogP contribution in [0.2, 0.25) is 0 Å². The Morgan fingerprint density at radius 3 is 2.64 bits per heavy atom. The molecule has 4 aliphatic carbocycles. The summed E-state index contributed by atoms with van der Waals surface area (Å²) in [6.07, 6.45) is 14.6. The molecule has 11 heteroatoms. The first-order chi connectivity index (χ1) is 19.8. The van der Waals surface area contributed by atoms with Crippen molar-refractivity contribution in [3.8, 4) is 12.3 Å². The van der Waals surface area contributed by atoms with Crippen LogP contribution in [0.1, 0.15) is 72.1 Å². The van der Waals surface area contributed by atoms with Crippen LogP contribution < -0.4 is 10.6 Å². The van der Waals surface area contributed by atoms with E-state index < -0.39 is 47.0 Å². The first-order valence-electron chi connectivity index (χ1n) is 14.9. The van der Waals surface area contributed by atoms with E-state index in [0.717, 1.165) is 31.4 Å². The molecule has 0 radical (unpaired) electrons. The van der Waals surface area contributed by atoms with E-state index in [1.54, 1.807) is 0 Å². The lowest BCUT2D eigenvalue weighted by Gasteiger charge is -2.60. The maximum Gasteiger partial charge on any atom is 0.326 e. The van der Waals surface area contributed by atoms with Crippen molar-refractivity contribution in [1.29, 1.82) is 0 Å². The summed E-state index contributed by atoms with van der Waals surface area (Å²) >= 11 is 1.49. The molecule has 0 unspecified atom stereocenters. The SMILES string of the molecule is C#C[C@]1(O)CC[C@H]2[C@@H]3CCC4=C/C(=N\OCC(=O)N[C@@H](C)C(=O)N[C@@H](CCSC)C(=O)O)CC[C@]4(C)[C@H]3[C@@H](O)C[C@@]21C. The monoisotopic (exact) mass is 603 g/mol. The molecule has 9 atom stereocenters. The van der Waals surface area contributed by atoms with Gasteiger partial charge in [0, 0.05) is 5.41 Å². The summed E-state index contributed by atoms with van der Waals surface area (Å²) in [6, 6.07) is -1.95. The number of aliphatic hydroxyl groups excluding tert-OH is 1. The molecule has 0 aromatic carbocycles. The zero-order chi connectivity index (χ0) is 30.9. The van der Waals surface area contributed by atoms with Gasteiger partial charge in [0.15, 0.2) is 6.61 Å². The standard InChI is InChI=1S/C31H45N3O7S/c1-6-31(40)13-10-22-21-8-7-19-15-20(9-12-29(19,3)26(21)24(35)16-30(22,31)4)34-41-17-25(36)32-18(2)27(37)33-23(28(38)39)11-14-42-5/h1,15,18,21-24,26,35,40H,7-14,16-17H2,2-5H3,(H,32,36)(H,33,37)(H,38,39)/b34-20-/t18-,21-,22-,23-,24-,26+,29-,30-,31-/m0/s1. The van der Waals surface area contributed by atoms with E-state index in [2.05, 4.69) is 35.6 Å². The molecule has 0 saturated heterocycles. The van der Waals surface area contributed by atoms with Crippen molar-refractivity contribution in [2.45, 2.75) is 95.9 Å². The summed E-state index contributed by atoms with van der Waals surface area (Å²) in [5.74, 6) is 1.65. The van der Waals surface area contributed by atoms with E-state index in [1.165, 1.54) is 24.3 Å². The van der Waals surface area contributed by atoms with E-state index in [1.807, 2.05) is 12.3 Å². The number of hydrogen-bond acceptors (Lipinski definition) is 8. The van der Waals surface area contributed by atoms with Gasteiger partial charge in [-0.1, -0.05) is 30.5 Å². The largest absolute Gasteiger partial charge is 0.480 e. The highest BCUT2D eigenvalue weighted by molar-refractivity contribution is 7.98. The highest BCUT2D eigenvalue weighted by Crippen LogP contribution is 2.67. The van der Waals surface area contributed by atoms with Crippen LogP contribution in [-0.4, -0.2) is 81.2 Å². The number of fused-ring (bicyclic) bond motifs is 5. The van der Waals surface area contributed by atoms with E-state index in [4.69, 9.17) is 11.3 Å². The van der Waals surface area contributed by atoms with Gasteiger partial charge < -0.3 is 30.8 Å². The van der Waals surface area contributed by atoms with Gasteiger partial charge in [0.05, 0.1) is 11.8 Å². The van der Waals surface area contributed by atoms with Gasteiger partial charge in [0.2, 0.25) is 5.91 Å². The zero-order valence-corrected chi connectivity index (χ0v) is 25.8. The summed E-state index contributed by atoms with van der Waals surface area (Å²) in [5.41, 5.74) is 0.112. The Hall–Kier alpha value is -2.55. The highest BCUT2D eigenvalue weighted by Gasteiger charge is 2.66. The molecule has 0 spiro atoms. The van der Waals surface area contributed by atoms with Crippen LogP contribution in [0, 0.1) is 40.9 Å². The minimum atomic E-state index is -1.17. The van der Waals surface area contributed by atoms with Gasteiger partial charge in [0.25, 0.3) is 5.91 Å². The maximum absolute atomic E-state index is 12.4. The van der Waals surface area contributed by atoms with Gasteiger partial charge in [0.1, 0.15) is 17.7 Å². The predicted octanol–water partition coefficient (Wildman–Crippen LogP) is 2.48. The molecule has 232 valence electrons. The molecular weight excluding hydrogens is 558 g/mol. The number of carboxylic acids is 1. The molecule has 0 bridgehead atoms. The number of rotatable bonds is 10. The molecule has 0 heterocycles. The third kappa shape index (κ3) is 5.95. The number of hydrogen-bond donors (Lipinski definition) is 5. The lowest BCUT2D eigenvalue weighted by atomic mass is 9.45. The number of aliphatic carboxylic acids is 1. The number of terminal acetylenes is 1. The average Bonchev–Trinajstić information content (AvgIpc) is 3.20. The van der Waals surface area contributed by atoms with Crippen LogP contribution >= 0.6 is 11.8 Å². The Morgan fingerprint density at radius 1 is 1.24 bits per heavy atom. The van der Waals surface area contributed by atoms with Crippen LogP contribution in [0.3, 0.4) is 0 Å².